The Hall–Kier alpha value is -0.770. The van der Waals surface area contributed by atoms with Gasteiger partial charge < -0.3 is 9.47 Å². The molecule has 0 saturated carbocycles. The van der Waals surface area contributed by atoms with Gasteiger partial charge in [-0.1, -0.05) is 6.92 Å². The summed E-state index contributed by atoms with van der Waals surface area (Å²) in [6.45, 7) is 2.60. The van der Waals surface area contributed by atoms with Gasteiger partial charge in [0, 0.05) is 13.3 Å². The van der Waals surface area contributed by atoms with Crippen molar-refractivity contribution in [2.45, 2.75) is 31.0 Å². The van der Waals surface area contributed by atoms with Gasteiger partial charge in [0.15, 0.2) is 0 Å². The molecular weight excluding hydrogens is 217 g/mol. The van der Waals surface area contributed by atoms with E-state index in [1.165, 1.54) is 6.92 Å². The number of esters is 2. The van der Waals surface area contributed by atoms with E-state index in [0.29, 0.717) is 0 Å². The third-order valence-electron chi connectivity index (χ3n) is 2.86. The molecule has 2 aliphatic heterocycles. The van der Waals surface area contributed by atoms with Crippen LogP contribution in [-0.2, 0) is 19.1 Å². The SMILES string of the molecule is CCC12OC(=O)C(=O)OC1(C)[P+]2(F)F. The third kappa shape index (κ3) is 0.691. The van der Waals surface area contributed by atoms with Crippen LogP contribution < -0.4 is 0 Å². The molecule has 0 aromatic rings. The van der Waals surface area contributed by atoms with E-state index in [1.54, 1.807) is 0 Å². The third-order valence-corrected chi connectivity index (χ3v) is 5.91. The first-order chi connectivity index (χ1) is 6.32. The summed E-state index contributed by atoms with van der Waals surface area (Å²) >= 11 is 0. The fraction of sp³-hybridized carbons (Fsp3) is 0.714. The summed E-state index contributed by atoms with van der Waals surface area (Å²) in [6, 6.07) is 0. The summed E-state index contributed by atoms with van der Waals surface area (Å²) in [6.07, 6.45) is -0.0384. The van der Waals surface area contributed by atoms with Gasteiger partial charge in [-0.05, 0) is 8.39 Å². The molecule has 4 nitrogen and oxygen atoms in total. The number of hydrogen-bond donors (Lipinski definition) is 0. The number of carbonyl (C=O) groups excluding carboxylic acids is 2. The summed E-state index contributed by atoms with van der Waals surface area (Å²) in [5.41, 5.74) is 0. The fourth-order valence-electron chi connectivity index (χ4n) is 1.87. The van der Waals surface area contributed by atoms with E-state index in [1.807, 2.05) is 0 Å². The highest BCUT2D eigenvalue weighted by Gasteiger charge is 3.09. The lowest BCUT2D eigenvalue weighted by molar-refractivity contribution is -0.193. The smallest absolute Gasteiger partial charge is 0.402 e. The van der Waals surface area contributed by atoms with Crippen molar-refractivity contribution >= 4 is 19.8 Å². The van der Waals surface area contributed by atoms with Gasteiger partial charge in [-0.2, -0.15) is 0 Å². The molecule has 2 rings (SSSR count). The molecule has 0 aromatic heterocycles. The van der Waals surface area contributed by atoms with Crippen LogP contribution in [0, 0.1) is 0 Å². The average molecular weight is 225 g/mol. The fourth-order valence-corrected chi connectivity index (χ4v) is 4.28. The lowest BCUT2D eigenvalue weighted by atomic mass is 10.1. The first-order valence-corrected chi connectivity index (χ1v) is 5.64. The second kappa shape index (κ2) is 2.24. The van der Waals surface area contributed by atoms with Crippen LogP contribution >= 0.6 is 7.88 Å². The molecule has 2 fully saturated rings. The number of halogens is 2. The normalized spacial score (nSPS) is 43.7. The highest BCUT2D eigenvalue weighted by molar-refractivity contribution is 7.77. The molecule has 2 unspecified atom stereocenters. The molecule has 78 valence electrons. The van der Waals surface area contributed by atoms with Gasteiger partial charge in [0.2, 0.25) is 0 Å². The zero-order valence-electron chi connectivity index (χ0n) is 7.54. The molecule has 0 aromatic carbocycles. The van der Waals surface area contributed by atoms with Crippen molar-refractivity contribution in [3.63, 3.8) is 0 Å². The predicted octanol–water partition coefficient (Wildman–Crippen LogP) is 1.71. The highest BCUT2D eigenvalue weighted by Crippen LogP contribution is 3.01. The van der Waals surface area contributed by atoms with E-state index in [9.17, 15) is 18.0 Å². The Morgan fingerprint density at radius 3 is 2.29 bits per heavy atom. The van der Waals surface area contributed by atoms with Crippen LogP contribution in [0.1, 0.15) is 20.3 Å². The highest BCUT2D eigenvalue weighted by atomic mass is 31.2. The Morgan fingerprint density at radius 1 is 1.29 bits per heavy atom. The van der Waals surface area contributed by atoms with Gasteiger partial charge in [0.25, 0.3) is 0 Å². The van der Waals surface area contributed by atoms with E-state index in [2.05, 4.69) is 9.47 Å². The Labute approximate surface area is 79.1 Å². The van der Waals surface area contributed by atoms with Gasteiger partial charge >= 0.3 is 30.5 Å². The molecule has 2 atom stereocenters. The van der Waals surface area contributed by atoms with Crippen LogP contribution in [-0.4, -0.2) is 22.6 Å². The Bertz CT molecular complexity index is 345. The maximum Gasteiger partial charge on any atom is 0.491 e. The zero-order valence-corrected chi connectivity index (χ0v) is 8.44. The lowest BCUT2D eigenvalue weighted by Gasteiger charge is -2.16. The first kappa shape index (κ1) is 9.77. The van der Waals surface area contributed by atoms with Crippen molar-refractivity contribution in [1.29, 1.82) is 0 Å². The van der Waals surface area contributed by atoms with Crippen LogP contribution in [0.4, 0.5) is 8.39 Å². The molecule has 2 aliphatic rings. The predicted molar refractivity (Wildman–Crippen MR) is 42.7 cm³/mol. The standard InChI is InChI=1S/C7H8F2O4P/c1-3-7-6(2,14(7,8)9)12-4(10)5(11)13-7/h3H2,1-2H3/q+1. The molecular formula is C7H8F2O4P+. The number of ether oxygens (including phenoxy) is 2. The van der Waals surface area contributed by atoms with Crippen LogP contribution in [0.15, 0.2) is 0 Å². The maximum atomic E-state index is 13.4. The number of rotatable bonds is 1. The minimum atomic E-state index is -4.50. The summed E-state index contributed by atoms with van der Waals surface area (Å²) in [4.78, 5) is 21.6. The molecule has 0 amide bonds. The minimum absolute atomic E-state index is 0.0384. The van der Waals surface area contributed by atoms with Crippen molar-refractivity contribution in [2.24, 2.45) is 0 Å². The van der Waals surface area contributed by atoms with Crippen molar-refractivity contribution < 1.29 is 27.5 Å². The van der Waals surface area contributed by atoms with Crippen molar-refractivity contribution in [3.05, 3.63) is 0 Å². The van der Waals surface area contributed by atoms with Crippen molar-refractivity contribution in [2.75, 3.05) is 0 Å². The Morgan fingerprint density at radius 2 is 1.79 bits per heavy atom. The van der Waals surface area contributed by atoms with E-state index < -0.39 is 30.5 Å². The number of fused-ring (bicyclic) bond motifs is 1. The average Bonchev–Trinajstić information content (AvgIpc) is 2.45. The molecule has 0 radical (unpaired) electrons. The van der Waals surface area contributed by atoms with Crippen LogP contribution in [0.3, 0.4) is 0 Å². The van der Waals surface area contributed by atoms with Gasteiger partial charge in [-0.15, -0.1) is 0 Å². The van der Waals surface area contributed by atoms with Crippen LogP contribution in [0.25, 0.3) is 0 Å². The minimum Gasteiger partial charge on any atom is -0.402 e. The molecule has 2 heterocycles. The van der Waals surface area contributed by atoms with E-state index in [-0.39, 0.29) is 6.42 Å². The van der Waals surface area contributed by atoms with Gasteiger partial charge in [0.05, 0.1) is 0 Å². The topological polar surface area (TPSA) is 52.6 Å². The summed E-state index contributed by atoms with van der Waals surface area (Å²) in [5.74, 6) is -2.64. The summed E-state index contributed by atoms with van der Waals surface area (Å²) in [7, 11) is -4.50. The summed E-state index contributed by atoms with van der Waals surface area (Å²) < 4.78 is 35.9. The molecule has 0 aliphatic carbocycles. The van der Waals surface area contributed by atoms with Crippen molar-refractivity contribution in [1.82, 2.24) is 0 Å². The first-order valence-electron chi connectivity index (χ1n) is 4.07. The Kier molecular flexibility index (Phi) is 1.56. The van der Waals surface area contributed by atoms with E-state index >= 15 is 0 Å². The summed E-state index contributed by atoms with van der Waals surface area (Å²) in [5, 5.41) is -3.72. The number of carbonyl (C=O) groups is 2. The van der Waals surface area contributed by atoms with Crippen LogP contribution in [0.5, 0.6) is 0 Å². The molecule has 14 heavy (non-hydrogen) atoms. The van der Waals surface area contributed by atoms with E-state index in [0.717, 1.165) is 6.92 Å². The van der Waals surface area contributed by atoms with Gasteiger partial charge in [-0.25, -0.2) is 9.59 Å². The molecule has 0 spiro atoms. The van der Waals surface area contributed by atoms with Gasteiger partial charge in [-0.3, -0.25) is 0 Å². The second-order valence-electron chi connectivity index (χ2n) is 3.41. The largest absolute Gasteiger partial charge is 0.491 e. The molecule has 2 saturated heterocycles. The second-order valence-corrected chi connectivity index (χ2v) is 6.02. The quantitative estimate of drug-likeness (QED) is 0.387. The Balaban J connectivity index is 2.43. The zero-order chi connectivity index (χ0) is 10.8. The van der Waals surface area contributed by atoms with Crippen LogP contribution in [0.2, 0.25) is 0 Å². The number of hydrogen-bond acceptors (Lipinski definition) is 4. The van der Waals surface area contributed by atoms with Crippen molar-refractivity contribution in [3.8, 4) is 0 Å². The van der Waals surface area contributed by atoms with Gasteiger partial charge in [0.1, 0.15) is 0 Å². The molecule has 0 N–H and O–H groups in total. The lowest BCUT2D eigenvalue weighted by Crippen LogP contribution is -2.42. The van der Waals surface area contributed by atoms with E-state index in [4.69, 9.17) is 0 Å². The molecule has 0 bridgehead atoms. The monoisotopic (exact) mass is 225 g/mol. The molecule has 7 heteroatoms. The maximum absolute atomic E-state index is 13.4.